The lowest BCUT2D eigenvalue weighted by molar-refractivity contribution is -0.119. The molecule has 2 rings (SSSR count). The molecule has 0 radical (unpaired) electrons. The Kier molecular flexibility index (Phi) is 4.16. The number of nitrogens with one attached hydrogen (secondary N) is 2. The highest BCUT2D eigenvalue weighted by Gasteiger charge is 2.25. The van der Waals surface area contributed by atoms with E-state index < -0.39 is 5.91 Å². The molecule has 2 atom stereocenters. The predicted octanol–water partition coefficient (Wildman–Crippen LogP) is 1.11. The zero-order chi connectivity index (χ0) is 13.8. The lowest BCUT2D eigenvalue weighted by Gasteiger charge is -2.27. The lowest BCUT2D eigenvalue weighted by atomic mass is 9.94. The van der Waals surface area contributed by atoms with Crippen LogP contribution in [0.15, 0.2) is 24.3 Å². The average Bonchev–Trinajstić information content (AvgIpc) is 2.39. The molecule has 0 spiro atoms. The highest BCUT2D eigenvalue weighted by atomic mass is 16.2. The molecule has 1 aromatic rings. The zero-order valence-corrected chi connectivity index (χ0v) is 11.0. The first-order valence-corrected chi connectivity index (χ1v) is 6.51. The van der Waals surface area contributed by atoms with E-state index in [0.29, 0.717) is 17.2 Å². The van der Waals surface area contributed by atoms with Gasteiger partial charge in [-0.05, 0) is 37.4 Å². The molecule has 1 saturated heterocycles. The van der Waals surface area contributed by atoms with Gasteiger partial charge in [0.1, 0.15) is 0 Å². The molecule has 2 amide bonds. The molecular weight excluding hydrogens is 242 g/mol. The summed E-state index contributed by atoms with van der Waals surface area (Å²) in [5.41, 5.74) is 6.09. The number of hydrogen-bond acceptors (Lipinski definition) is 3. The Balaban J connectivity index is 2.08. The van der Waals surface area contributed by atoms with Crippen LogP contribution in [0.25, 0.3) is 0 Å². The SMILES string of the molecule is CC1CCNC(C(=O)Nc2ccccc2C(N)=O)C1. The summed E-state index contributed by atoms with van der Waals surface area (Å²) in [6, 6.07) is 6.57. The van der Waals surface area contributed by atoms with Crippen LogP contribution in [0.4, 0.5) is 5.69 Å². The van der Waals surface area contributed by atoms with Crippen LogP contribution in [-0.2, 0) is 4.79 Å². The topological polar surface area (TPSA) is 84.2 Å². The standard InChI is InChI=1S/C14H19N3O2/c1-9-6-7-16-12(8-9)14(19)17-11-5-3-2-4-10(11)13(15)18/h2-5,9,12,16H,6-8H2,1H3,(H2,15,18)(H,17,19). The summed E-state index contributed by atoms with van der Waals surface area (Å²) < 4.78 is 0. The molecule has 1 aliphatic heterocycles. The Hall–Kier alpha value is -1.88. The second kappa shape index (κ2) is 5.84. The number of carbonyl (C=O) groups excluding carboxylic acids is 2. The number of nitrogens with two attached hydrogens (primary N) is 1. The maximum atomic E-state index is 12.2. The van der Waals surface area contributed by atoms with Gasteiger partial charge in [0.2, 0.25) is 5.91 Å². The first-order valence-electron chi connectivity index (χ1n) is 6.51. The minimum atomic E-state index is -0.541. The molecule has 1 aromatic carbocycles. The van der Waals surface area contributed by atoms with Crippen LogP contribution in [0.2, 0.25) is 0 Å². The van der Waals surface area contributed by atoms with E-state index in [-0.39, 0.29) is 11.9 Å². The minimum Gasteiger partial charge on any atom is -0.366 e. The summed E-state index contributed by atoms with van der Waals surface area (Å²) in [4.78, 5) is 23.4. The number of carbonyl (C=O) groups is 2. The predicted molar refractivity (Wildman–Crippen MR) is 73.8 cm³/mol. The zero-order valence-electron chi connectivity index (χ0n) is 11.0. The van der Waals surface area contributed by atoms with Crippen molar-refractivity contribution in [2.24, 2.45) is 11.7 Å². The number of para-hydroxylation sites is 1. The van der Waals surface area contributed by atoms with Crippen LogP contribution in [0, 0.1) is 5.92 Å². The molecule has 1 aliphatic rings. The molecule has 1 fully saturated rings. The molecule has 19 heavy (non-hydrogen) atoms. The van der Waals surface area contributed by atoms with E-state index in [4.69, 9.17) is 5.73 Å². The van der Waals surface area contributed by atoms with Gasteiger partial charge in [0.25, 0.3) is 5.91 Å². The Bertz CT molecular complexity index is 487. The second-order valence-electron chi connectivity index (χ2n) is 5.04. The van der Waals surface area contributed by atoms with Gasteiger partial charge >= 0.3 is 0 Å². The lowest BCUT2D eigenvalue weighted by Crippen LogP contribution is -2.45. The summed E-state index contributed by atoms with van der Waals surface area (Å²) in [6.45, 7) is 2.98. The third-order valence-electron chi connectivity index (χ3n) is 3.43. The summed E-state index contributed by atoms with van der Waals surface area (Å²) in [5, 5.41) is 5.97. The molecule has 1 heterocycles. The maximum Gasteiger partial charge on any atom is 0.250 e. The van der Waals surface area contributed by atoms with Crippen molar-refractivity contribution in [3.05, 3.63) is 29.8 Å². The molecule has 102 valence electrons. The fraction of sp³-hybridized carbons (Fsp3) is 0.429. The van der Waals surface area contributed by atoms with Gasteiger partial charge in [-0.2, -0.15) is 0 Å². The van der Waals surface area contributed by atoms with Crippen molar-refractivity contribution in [3.63, 3.8) is 0 Å². The molecule has 5 heteroatoms. The van der Waals surface area contributed by atoms with Gasteiger partial charge < -0.3 is 16.4 Å². The minimum absolute atomic E-state index is 0.111. The van der Waals surface area contributed by atoms with Crippen molar-refractivity contribution in [2.75, 3.05) is 11.9 Å². The summed E-state index contributed by atoms with van der Waals surface area (Å²) in [5.74, 6) is -0.121. The fourth-order valence-corrected chi connectivity index (χ4v) is 2.33. The number of primary amides is 1. The monoisotopic (exact) mass is 261 g/mol. The van der Waals surface area contributed by atoms with Crippen molar-refractivity contribution in [1.29, 1.82) is 0 Å². The van der Waals surface area contributed by atoms with Gasteiger partial charge in [-0.25, -0.2) is 0 Å². The summed E-state index contributed by atoms with van der Waals surface area (Å²) >= 11 is 0. The fourth-order valence-electron chi connectivity index (χ4n) is 2.33. The maximum absolute atomic E-state index is 12.2. The van der Waals surface area contributed by atoms with Gasteiger partial charge in [0.15, 0.2) is 0 Å². The Morgan fingerprint density at radius 3 is 2.79 bits per heavy atom. The van der Waals surface area contributed by atoms with Crippen LogP contribution >= 0.6 is 0 Å². The van der Waals surface area contributed by atoms with E-state index in [0.717, 1.165) is 19.4 Å². The highest BCUT2D eigenvalue weighted by molar-refractivity contribution is 6.04. The van der Waals surface area contributed by atoms with Crippen LogP contribution < -0.4 is 16.4 Å². The van der Waals surface area contributed by atoms with Crippen molar-refractivity contribution in [3.8, 4) is 0 Å². The van der Waals surface area contributed by atoms with Crippen molar-refractivity contribution >= 4 is 17.5 Å². The molecule has 4 N–H and O–H groups in total. The van der Waals surface area contributed by atoms with Gasteiger partial charge in [0, 0.05) is 0 Å². The van der Waals surface area contributed by atoms with E-state index >= 15 is 0 Å². The normalized spacial score (nSPS) is 22.8. The quantitative estimate of drug-likeness (QED) is 0.762. The molecule has 0 aromatic heterocycles. The Morgan fingerprint density at radius 2 is 2.11 bits per heavy atom. The van der Waals surface area contributed by atoms with E-state index in [1.54, 1.807) is 24.3 Å². The largest absolute Gasteiger partial charge is 0.366 e. The number of piperidine rings is 1. The third kappa shape index (κ3) is 3.32. The number of anilines is 1. The smallest absolute Gasteiger partial charge is 0.250 e. The van der Waals surface area contributed by atoms with Crippen molar-refractivity contribution in [1.82, 2.24) is 5.32 Å². The third-order valence-corrected chi connectivity index (χ3v) is 3.43. The van der Waals surface area contributed by atoms with Crippen molar-refractivity contribution in [2.45, 2.75) is 25.8 Å². The van der Waals surface area contributed by atoms with E-state index in [1.165, 1.54) is 0 Å². The van der Waals surface area contributed by atoms with Crippen LogP contribution in [0.3, 0.4) is 0 Å². The molecule has 0 aliphatic carbocycles. The number of hydrogen-bond donors (Lipinski definition) is 3. The Labute approximate surface area is 112 Å². The molecule has 0 saturated carbocycles. The second-order valence-corrected chi connectivity index (χ2v) is 5.04. The Morgan fingerprint density at radius 1 is 1.37 bits per heavy atom. The summed E-state index contributed by atoms with van der Waals surface area (Å²) in [7, 11) is 0. The van der Waals surface area contributed by atoms with E-state index in [9.17, 15) is 9.59 Å². The first-order chi connectivity index (χ1) is 9.08. The average molecular weight is 261 g/mol. The number of benzene rings is 1. The molecule has 0 bridgehead atoms. The highest BCUT2D eigenvalue weighted by Crippen LogP contribution is 2.18. The molecule has 5 nitrogen and oxygen atoms in total. The van der Waals surface area contributed by atoms with E-state index in [2.05, 4.69) is 17.6 Å². The van der Waals surface area contributed by atoms with Gasteiger partial charge in [-0.1, -0.05) is 19.1 Å². The van der Waals surface area contributed by atoms with Crippen molar-refractivity contribution < 1.29 is 9.59 Å². The van der Waals surface area contributed by atoms with Gasteiger partial charge in [0.05, 0.1) is 17.3 Å². The molecule has 2 unspecified atom stereocenters. The summed E-state index contributed by atoms with van der Waals surface area (Å²) in [6.07, 6.45) is 1.90. The van der Waals surface area contributed by atoms with Crippen LogP contribution in [0.1, 0.15) is 30.1 Å². The van der Waals surface area contributed by atoms with Crippen LogP contribution in [-0.4, -0.2) is 24.4 Å². The van der Waals surface area contributed by atoms with Gasteiger partial charge in [-0.3, -0.25) is 9.59 Å². The van der Waals surface area contributed by atoms with E-state index in [1.807, 2.05) is 0 Å². The first kappa shape index (κ1) is 13.5. The number of rotatable bonds is 3. The molecular formula is C14H19N3O2. The van der Waals surface area contributed by atoms with Crippen LogP contribution in [0.5, 0.6) is 0 Å². The number of amides is 2. The van der Waals surface area contributed by atoms with Gasteiger partial charge in [-0.15, -0.1) is 0 Å².